The molecule has 2 aromatic rings. The monoisotopic (exact) mass is 231 g/mol. The Labute approximate surface area is 99.2 Å². The predicted molar refractivity (Wildman–Crippen MR) is 69.7 cm³/mol. The molecular weight excluding hydrogens is 217 g/mol. The van der Waals surface area contributed by atoms with Gasteiger partial charge in [0.15, 0.2) is 0 Å². The van der Waals surface area contributed by atoms with E-state index in [-0.39, 0.29) is 5.82 Å². The van der Waals surface area contributed by atoms with E-state index < -0.39 is 0 Å². The first-order valence-corrected chi connectivity index (χ1v) is 5.24. The van der Waals surface area contributed by atoms with Crippen LogP contribution in [0.1, 0.15) is 5.56 Å². The van der Waals surface area contributed by atoms with Gasteiger partial charge in [-0.3, -0.25) is 0 Å². The zero-order chi connectivity index (χ0) is 12.4. The third-order valence-corrected chi connectivity index (χ3v) is 2.49. The van der Waals surface area contributed by atoms with E-state index in [4.69, 9.17) is 11.5 Å². The average Bonchev–Trinajstić information content (AvgIpc) is 2.27. The summed E-state index contributed by atoms with van der Waals surface area (Å²) in [4.78, 5) is 0. The zero-order valence-corrected chi connectivity index (χ0v) is 9.50. The Hall–Kier alpha value is -2.23. The fraction of sp³-hybridized carbons (Fsp3) is 0.0769. The van der Waals surface area contributed by atoms with Crippen LogP contribution in [-0.4, -0.2) is 0 Å². The summed E-state index contributed by atoms with van der Waals surface area (Å²) in [5.41, 5.74) is 14.3. The number of halogens is 1. The summed E-state index contributed by atoms with van der Waals surface area (Å²) in [5.74, 6) is -0.291. The molecule has 0 aliphatic carbocycles. The molecule has 0 amide bonds. The van der Waals surface area contributed by atoms with Crippen LogP contribution in [-0.2, 0) is 0 Å². The summed E-state index contributed by atoms with van der Waals surface area (Å²) in [6.07, 6.45) is 0. The molecular formula is C13H14FN3. The third-order valence-electron chi connectivity index (χ3n) is 2.49. The molecule has 0 unspecified atom stereocenters. The summed E-state index contributed by atoms with van der Waals surface area (Å²) in [6.45, 7) is 1.84. The SMILES string of the molecule is Cc1ccc(Nc2ccc(N)c(N)c2)c(F)c1. The number of benzene rings is 2. The molecule has 4 heteroatoms. The van der Waals surface area contributed by atoms with E-state index in [0.29, 0.717) is 22.7 Å². The first kappa shape index (κ1) is 11.3. The number of anilines is 4. The normalized spacial score (nSPS) is 10.2. The fourth-order valence-electron chi connectivity index (χ4n) is 1.53. The van der Waals surface area contributed by atoms with E-state index in [2.05, 4.69) is 5.32 Å². The number of rotatable bonds is 2. The molecule has 0 fully saturated rings. The lowest BCUT2D eigenvalue weighted by Crippen LogP contribution is -1.98. The Kier molecular flexibility index (Phi) is 2.87. The van der Waals surface area contributed by atoms with Crippen LogP contribution in [0.25, 0.3) is 0 Å². The topological polar surface area (TPSA) is 64.1 Å². The maximum atomic E-state index is 13.6. The lowest BCUT2D eigenvalue weighted by atomic mass is 10.2. The molecule has 0 saturated heterocycles. The van der Waals surface area contributed by atoms with E-state index in [1.165, 1.54) is 6.07 Å². The third kappa shape index (κ3) is 2.47. The molecule has 0 heterocycles. The van der Waals surface area contributed by atoms with Crippen LogP contribution in [0.4, 0.5) is 27.1 Å². The van der Waals surface area contributed by atoms with Gasteiger partial charge in [0.2, 0.25) is 0 Å². The zero-order valence-electron chi connectivity index (χ0n) is 9.50. The lowest BCUT2D eigenvalue weighted by molar-refractivity contribution is 0.631. The summed E-state index contributed by atoms with van der Waals surface area (Å²) in [6, 6.07) is 10.1. The van der Waals surface area contributed by atoms with Crippen LogP contribution < -0.4 is 16.8 Å². The van der Waals surface area contributed by atoms with Gasteiger partial charge in [-0.1, -0.05) is 6.07 Å². The number of nitrogens with one attached hydrogen (secondary N) is 1. The minimum atomic E-state index is -0.291. The summed E-state index contributed by atoms with van der Waals surface area (Å²) >= 11 is 0. The molecule has 0 radical (unpaired) electrons. The van der Waals surface area contributed by atoms with Crippen LogP contribution in [0.5, 0.6) is 0 Å². The standard InChI is InChI=1S/C13H14FN3/c1-8-2-5-13(10(14)6-8)17-9-3-4-11(15)12(16)7-9/h2-7,17H,15-16H2,1H3. The molecule has 2 aromatic carbocycles. The molecule has 0 atom stereocenters. The largest absolute Gasteiger partial charge is 0.397 e. The second-order valence-corrected chi connectivity index (χ2v) is 3.95. The Bertz CT molecular complexity index is 552. The van der Waals surface area contributed by atoms with Crippen LogP contribution in [0, 0.1) is 12.7 Å². The van der Waals surface area contributed by atoms with E-state index in [1.807, 2.05) is 13.0 Å². The van der Waals surface area contributed by atoms with Crippen LogP contribution >= 0.6 is 0 Å². The molecule has 5 N–H and O–H groups in total. The van der Waals surface area contributed by atoms with Gasteiger partial charge in [0.25, 0.3) is 0 Å². The molecule has 0 spiro atoms. The molecule has 2 rings (SSSR count). The van der Waals surface area contributed by atoms with E-state index in [1.54, 1.807) is 24.3 Å². The number of aryl methyl sites for hydroxylation is 1. The Morgan fingerprint density at radius 1 is 1.00 bits per heavy atom. The summed E-state index contributed by atoms with van der Waals surface area (Å²) in [5, 5.41) is 2.96. The van der Waals surface area contributed by atoms with Crippen molar-refractivity contribution in [1.82, 2.24) is 0 Å². The van der Waals surface area contributed by atoms with Crippen molar-refractivity contribution in [2.45, 2.75) is 6.92 Å². The van der Waals surface area contributed by atoms with Gasteiger partial charge in [-0.15, -0.1) is 0 Å². The van der Waals surface area contributed by atoms with Crippen LogP contribution in [0.15, 0.2) is 36.4 Å². The highest BCUT2D eigenvalue weighted by Crippen LogP contribution is 2.24. The number of hydrogen-bond acceptors (Lipinski definition) is 3. The van der Waals surface area contributed by atoms with Gasteiger partial charge in [-0.05, 0) is 42.8 Å². The molecule has 3 nitrogen and oxygen atoms in total. The number of nitrogen functional groups attached to an aromatic ring is 2. The molecule has 0 bridgehead atoms. The summed E-state index contributed by atoms with van der Waals surface area (Å²) in [7, 11) is 0. The predicted octanol–water partition coefficient (Wildman–Crippen LogP) is 3.04. The van der Waals surface area contributed by atoms with E-state index >= 15 is 0 Å². The van der Waals surface area contributed by atoms with Gasteiger partial charge >= 0.3 is 0 Å². The lowest BCUT2D eigenvalue weighted by Gasteiger charge is -2.09. The van der Waals surface area contributed by atoms with Gasteiger partial charge in [0.05, 0.1) is 17.1 Å². The van der Waals surface area contributed by atoms with Gasteiger partial charge in [-0.2, -0.15) is 0 Å². The average molecular weight is 231 g/mol. The molecule has 0 aliphatic heterocycles. The van der Waals surface area contributed by atoms with Gasteiger partial charge < -0.3 is 16.8 Å². The molecule has 0 aliphatic rings. The first-order valence-electron chi connectivity index (χ1n) is 5.24. The molecule has 17 heavy (non-hydrogen) atoms. The van der Waals surface area contributed by atoms with E-state index in [0.717, 1.165) is 5.56 Å². The minimum Gasteiger partial charge on any atom is -0.397 e. The second kappa shape index (κ2) is 4.33. The van der Waals surface area contributed by atoms with Crippen molar-refractivity contribution in [3.8, 4) is 0 Å². The number of nitrogens with two attached hydrogens (primary N) is 2. The van der Waals surface area contributed by atoms with Gasteiger partial charge in [-0.25, -0.2) is 4.39 Å². The highest BCUT2D eigenvalue weighted by Gasteiger charge is 2.03. The Morgan fingerprint density at radius 3 is 2.41 bits per heavy atom. The molecule has 0 aromatic heterocycles. The van der Waals surface area contributed by atoms with Crippen molar-refractivity contribution < 1.29 is 4.39 Å². The smallest absolute Gasteiger partial charge is 0.146 e. The minimum absolute atomic E-state index is 0.291. The first-order chi connectivity index (χ1) is 8.06. The molecule has 88 valence electrons. The highest BCUT2D eigenvalue weighted by atomic mass is 19.1. The van der Waals surface area contributed by atoms with Gasteiger partial charge in [0.1, 0.15) is 5.82 Å². The van der Waals surface area contributed by atoms with Gasteiger partial charge in [0, 0.05) is 5.69 Å². The maximum absolute atomic E-state index is 13.6. The van der Waals surface area contributed by atoms with Crippen molar-refractivity contribution in [3.63, 3.8) is 0 Å². The maximum Gasteiger partial charge on any atom is 0.146 e. The van der Waals surface area contributed by atoms with Crippen molar-refractivity contribution in [2.75, 3.05) is 16.8 Å². The quantitative estimate of drug-likeness (QED) is 0.696. The Morgan fingerprint density at radius 2 is 1.76 bits per heavy atom. The fourth-order valence-corrected chi connectivity index (χ4v) is 1.53. The molecule has 0 saturated carbocycles. The van der Waals surface area contributed by atoms with Crippen molar-refractivity contribution >= 4 is 22.7 Å². The van der Waals surface area contributed by atoms with E-state index in [9.17, 15) is 4.39 Å². The Balaban J connectivity index is 2.28. The van der Waals surface area contributed by atoms with Crippen molar-refractivity contribution in [3.05, 3.63) is 47.8 Å². The number of hydrogen-bond donors (Lipinski definition) is 3. The van der Waals surface area contributed by atoms with Crippen molar-refractivity contribution in [2.24, 2.45) is 0 Å². The van der Waals surface area contributed by atoms with Crippen LogP contribution in [0.3, 0.4) is 0 Å². The van der Waals surface area contributed by atoms with Crippen LogP contribution in [0.2, 0.25) is 0 Å². The highest BCUT2D eigenvalue weighted by molar-refractivity contribution is 5.72. The summed E-state index contributed by atoms with van der Waals surface area (Å²) < 4.78 is 13.6. The second-order valence-electron chi connectivity index (χ2n) is 3.95. The van der Waals surface area contributed by atoms with Crippen molar-refractivity contribution in [1.29, 1.82) is 0 Å².